The van der Waals surface area contributed by atoms with E-state index in [9.17, 15) is 8.42 Å². The number of thiophene rings is 1. The molecule has 3 rings (SSSR count). The van der Waals surface area contributed by atoms with E-state index in [4.69, 9.17) is 11.6 Å². The van der Waals surface area contributed by atoms with Gasteiger partial charge in [-0.25, -0.2) is 8.42 Å². The molecule has 0 fully saturated rings. The molecule has 1 aliphatic rings. The van der Waals surface area contributed by atoms with Crippen molar-refractivity contribution in [3.05, 3.63) is 51.2 Å². The number of hydrogen-bond acceptors (Lipinski definition) is 3. The number of hydrogen-bond donors (Lipinski definition) is 0. The molecule has 6 heteroatoms. The number of benzene rings is 1. The van der Waals surface area contributed by atoms with E-state index >= 15 is 0 Å². The summed E-state index contributed by atoms with van der Waals surface area (Å²) in [5.41, 5.74) is 2.75. The van der Waals surface area contributed by atoms with Gasteiger partial charge in [-0.3, -0.25) is 0 Å². The van der Waals surface area contributed by atoms with E-state index in [1.165, 1.54) is 4.88 Å². The lowest BCUT2D eigenvalue weighted by molar-refractivity contribution is 0.394. The normalized spacial score (nSPS) is 15.9. The molecule has 0 saturated carbocycles. The van der Waals surface area contributed by atoms with E-state index in [2.05, 4.69) is 0 Å². The number of fused-ring (bicyclic) bond motifs is 1. The van der Waals surface area contributed by atoms with Crippen molar-refractivity contribution in [3.63, 3.8) is 0 Å². The smallest absolute Gasteiger partial charge is 0.207 e. The Hall–Kier alpha value is -0.880. The van der Waals surface area contributed by atoms with Crippen LogP contribution in [-0.4, -0.2) is 19.3 Å². The summed E-state index contributed by atoms with van der Waals surface area (Å²) in [6.07, 6.45) is 0.792. The molecule has 1 aromatic carbocycles. The van der Waals surface area contributed by atoms with Crippen LogP contribution in [0.1, 0.15) is 21.6 Å². The fraction of sp³-hybridized carbons (Fsp3) is 0.333. The molecule has 1 aliphatic heterocycles. The number of halogens is 1. The molecule has 2 heterocycles. The second-order valence-corrected chi connectivity index (χ2v) is 8.31. The molecule has 0 radical (unpaired) electrons. The Morgan fingerprint density at radius 2 is 2.14 bits per heavy atom. The first-order valence-corrected chi connectivity index (χ1v) is 9.59. The lowest BCUT2D eigenvalue weighted by Crippen LogP contribution is -2.35. The summed E-state index contributed by atoms with van der Waals surface area (Å²) in [7, 11) is -3.47. The van der Waals surface area contributed by atoms with Gasteiger partial charge in [-0.05, 0) is 47.5 Å². The molecule has 0 unspecified atom stereocenters. The summed E-state index contributed by atoms with van der Waals surface area (Å²) < 4.78 is 27.4. The van der Waals surface area contributed by atoms with Crippen LogP contribution < -0.4 is 0 Å². The highest BCUT2D eigenvalue weighted by atomic mass is 35.5. The highest BCUT2D eigenvalue weighted by molar-refractivity contribution is 7.89. The summed E-state index contributed by atoms with van der Waals surface area (Å²) >= 11 is 7.59. The number of rotatable bonds is 3. The number of nitrogens with zero attached hydrogens (tertiary/aromatic N) is 1. The van der Waals surface area contributed by atoms with Crippen LogP contribution in [0.2, 0.25) is 0 Å². The van der Waals surface area contributed by atoms with Gasteiger partial charge in [0.15, 0.2) is 0 Å². The molecule has 1 aromatic heterocycles. The Morgan fingerprint density at radius 1 is 1.33 bits per heavy atom. The van der Waals surface area contributed by atoms with Gasteiger partial charge < -0.3 is 0 Å². The predicted molar refractivity (Wildman–Crippen MR) is 86.4 cm³/mol. The Morgan fingerprint density at radius 3 is 2.90 bits per heavy atom. The number of alkyl halides is 1. The predicted octanol–water partition coefficient (Wildman–Crippen LogP) is 3.54. The van der Waals surface area contributed by atoms with Crippen molar-refractivity contribution in [2.24, 2.45) is 0 Å². The summed E-state index contributed by atoms with van der Waals surface area (Å²) in [4.78, 5) is 1.67. The van der Waals surface area contributed by atoms with Crippen molar-refractivity contribution in [1.82, 2.24) is 4.31 Å². The van der Waals surface area contributed by atoms with Gasteiger partial charge in [-0.15, -0.1) is 22.9 Å². The standard InChI is InChI=1S/C15H16ClNO2S2/c1-11-12(9-16)3-2-4-15(11)21(18,19)17-7-5-14-13(10-17)6-8-20-14/h2-4,6,8H,5,7,9-10H2,1H3. The first kappa shape index (κ1) is 15.0. The van der Waals surface area contributed by atoms with Crippen LogP contribution >= 0.6 is 22.9 Å². The van der Waals surface area contributed by atoms with Crippen molar-refractivity contribution in [1.29, 1.82) is 0 Å². The van der Waals surface area contributed by atoms with Gasteiger partial charge in [0.25, 0.3) is 0 Å². The number of sulfonamides is 1. The molecule has 0 N–H and O–H groups in total. The van der Waals surface area contributed by atoms with Gasteiger partial charge in [0.1, 0.15) is 0 Å². The minimum absolute atomic E-state index is 0.323. The molecule has 2 aromatic rings. The van der Waals surface area contributed by atoms with Crippen molar-refractivity contribution in [3.8, 4) is 0 Å². The van der Waals surface area contributed by atoms with Crippen LogP contribution in [0.15, 0.2) is 34.5 Å². The molecule has 0 saturated heterocycles. The molecular formula is C15H16ClNO2S2. The van der Waals surface area contributed by atoms with Crippen LogP contribution in [0.4, 0.5) is 0 Å². The van der Waals surface area contributed by atoms with Gasteiger partial charge in [-0.1, -0.05) is 12.1 Å². The maximum atomic E-state index is 12.9. The molecule has 0 amide bonds. The Bertz CT molecular complexity index is 768. The van der Waals surface area contributed by atoms with Crippen LogP contribution in [0.25, 0.3) is 0 Å². The highest BCUT2D eigenvalue weighted by Crippen LogP contribution is 2.30. The zero-order chi connectivity index (χ0) is 15.0. The third kappa shape index (κ3) is 2.63. The van der Waals surface area contributed by atoms with E-state index in [0.29, 0.717) is 23.9 Å². The van der Waals surface area contributed by atoms with E-state index in [1.54, 1.807) is 27.8 Å². The third-order valence-electron chi connectivity index (χ3n) is 3.93. The fourth-order valence-corrected chi connectivity index (χ4v) is 5.52. The minimum Gasteiger partial charge on any atom is -0.207 e. The molecule has 0 aliphatic carbocycles. The summed E-state index contributed by atoms with van der Waals surface area (Å²) in [6, 6.07) is 7.32. The van der Waals surface area contributed by atoms with Crippen LogP contribution in [0.3, 0.4) is 0 Å². The fourth-order valence-electron chi connectivity index (χ4n) is 2.65. The maximum absolute atomic E-state index is 12.9. The second-order valence-electron chi connectivity index (χ2n) is 5.13. The van der Waals surface area contributed by atoms with Crippen molar-refractivity contribution in [2.75, 3.05) is 6.54 Å². The summed E-state index contributed by atoms with van der Waals surface area (Å²) in [6.45, 7) is 2.83. The maximum Gasteiger partial charge on any atom is 0.243 e. The average molecular weight is 342 g/mol. The molecule has 0 spiro atoms. The zero-order valence-electron chi connectivity index (χ0n) is 11.7. The topological polar surface area (TPSA) is 37.4 Å². The minimum atomic E-state index is -3.47. The molecule has 3 nitrogen and oxygen atoms in total. The van der Waals surface area contributed by atoms with Gasteiger partial charge in [0, 0.05) is 23.8 Å². The van der Waals surface area contributed by atoms with E-state index in [0.717, 1.165) is 23.1 Å². The second kappa shape index (κ2) is 5.72. The average Bonchev–Trinajstić information content (AvgIpc) is 2.94. The summed E-state index contributed by atoms with van der Waals surface area (Å²) in [5.74, 6) is 0.323. The highest BCUT2D eigenvalue weighted by Gasteiger charge is 2.30. The lowest BCUT2D eigenvalue weighted by atomic mass is 10.1. The third-order valence-corrected chi connectivity index (χ3v) is 7.23. The SMILES string of the molecule is Cc1c(CCl)cccc1S(=O)(=O)N1CCc2sccc2C1. The van der Waals surface area contributed by atoms with Crippen molar-refractivity contribution < 1.29 is 8.42 Å². The van der Waals surface area contributed by atoms with Crippen molar-refractivity contribution in [2.45, 2.75) is 30.7 Å². The molecule has 0 bridgehead atoms. The van der Waals surface area contributed by atoms with Gasteiger partial charge in [-0.2, -0.15) is 4.31 Å². The Kier molecular flexibility index (Phi) is 4.10. The molecule has 0 atom stereocenters. The van der Waals surface area contributed by atoms with Crippen LogP contribution in [0, 0.1) is 6.92 Å². The van der Waals surface area contributed by atoms with Crippen molar-refractivity contribution >= 4 is 33.0 Å². The molecular weight excluding hydrogens is 326 g/mol. The Balaban J connectivity index is 1.99. The first-order chi connectivity index (χ1) is 10.0. The van der Waals surface area contributed by atoms with E-state index in [1.807, 2.05) is 24.4 Å². The first-order valence-electron chi connectivity index (χ1n) is 6.74. The van der Waals surface area contributed by atoms with E-state index in [-0.39, 0.29) is 0 Å². The zero-order valence-corrected chi connectivity index (χ0v) is 14.1. The molecule has 21 heavy (non-hydrogen) atoms. The van der Waals surface area contributed by atoms with Crippen LogP contribution in [0.5, 0.6) is 0 Å². The summed E-state index contributed by atoms with van der Waals surface area (Å²) in [5, 5.41) is 2.03. The largest absolute Gasteiger partial charge is 0.243 e. The van der Waals surface area contributed by atoms with E-state index < -0.39 is 10.0 Å². The van der Waals surface area contributed by atoms with Crippen LogP contribution in [-0.2, 0) is 28.9 Å². The molecule has 112 valence electrons. The monoisotopic (exact) mass is 341 g/mol. The van der Waals surface area contributed by atoms with Gasteiger partial charge in [0.2, 0.25) is 10.0 Å². The quantitative estimate of drug-likeness (QED) is 0.801. The van der Waals surface area contributed by atoms with Gasteiger partial charge in [0.05, 0.1) is 4.90 Å². The van der Waals surface area contributed by atoms with Gasteiger partial charge >= 0.3 is 0 Å². The Labute approximate surface area is 134 Å². The lowest BCUT2D eigenvalue weighted by Gasteiger charge is -2.27.